The third kappa shape index (κ3) is 3.62. The summed E-state index contributed by atoms with van der Waals surface area (Å²) in [6.45, 7) is 3.47. The Morgan fingerprint density at radius 3 is 2.29 bits per heavy atom. The monoisotopic (exact) mass is 323 g/mol. The first-order valence-corrected chi connectivity index (χ1v) is 8.06. The third-order valence-corrected chi connectivity index (χ3v) is 4.69. The zero-order valence-electron chi connectivity index (χ0n) is 11.6. The average molecular weight is 324 g/mol. The average Bonchev–Trinajstić information content (AvgIpc) is 2.41. The Labute approximate surface area is 128 Å². The maximum Gasteiger partial charge on any atom is 0.264 e. The molecule has 0 heterocycles. The second-order valence-electron chi connectivity index (χ2n) is 4.71. The smallest absolute Gasteiger partial charge is 0.264 e. The fraction of sp³-hybridized carbons (Fsp3) is 0.133. The van der Waals surface area contributed by atoms with E-state index in [-0.39, 0.29) is 10.5 Å². The van der Waals surface area contributed by atoms with Crippen LogP contribution in [0.2, 0.25) is 5.02 Å². The number of hydrogen-bond donors (Lipinski definition) is 1. The molecule has 4 nitrogen and oxygen atoms in total. The van der Waals surface area contributed by atoms with Gasteiger partial charge in [0, 0.05) is 10.6 Å². The number of amides is 1. The lowest BCUT2D eigenvalue weighted by Gasteiger charge is -2.10. The van der Waals surface area contributed by atoms with E-state index in [9.17, 15) is 13.2 Å². The van der Waals surface area contributed by atoms with Crippen LogP contribution in [0, 0.1) is 13.8 Å². The summed E-state index contributed by atoms with van der Waals surface area (Å²) in [7, 11) is -3.90. The topological polar surface area (TPSA) is 63.2 Å². The fourth-order valence-electron chi connectivity index (χ4n) is 1.83. The van der Waals surface area contributed by atoms with Gasteiger partial charge in [-0.05, 0) is 55.3 Å². The summed E-state index contributed by atoms with van der Waals surface area (Å²) in [5.74, 6) is -0.687. The van der Waals surface area contributed by atoms with Crippen molar-refractivity contribution in [2.24, 2.45) is 0 Å². The lowest BCUT2D eigenvalue weighted by Crippen LogP contribution is -2.31. The molecule has 0 radical (unpaired) electrons. The predicted molar refractivity (Wildman–Crippen MR) is 82.0 cm³/mol. The Morgan fingerprint density at radius 1 is 1.05 bits per heavy atom. The van der Waals surface area contributed by atoms with Crippen molar-refractivity contribution in [3.8, 4) is 0 Å². The van der Waals surface area contributed by atoms with E-state index in [0.29, 0.717) is 10.6 Å². The molecule has 0 bridgehead atoms. The lowest BCUT2D eigenvalue weighted by atomic mass is 10.2. The molecule has 21 heavy (non-hydrogen) atoms. The standard InChI is InChI=1S/C15H14ClNO3S/c1-10-3-4-11(2)14(9-10)21(19,20)17-15(18)12-5-7-13(16)8-6-12/h3-9H,1-2H3,(H,17,18). The molecule has 0 aliphatic rings. The van der Waals surface area contributed by atoms with Crippen molar-refractivity contribution in [3.63, 3.8) is 0 Å². The molecule has 0 aliphatic carbocycles. The minimum absolute atomic E-state index is 0.102. The van der Waals surface area contributed by atoms with Crippen molar-refractivity contribution >= 4 is 27.5 Å². The van der Waals surface area contributed by atoms with Gasteiger partial charge in [-0.1, -0.05) is 23.7 Å². The predicted octanol–water partition coefficient (Wildman–Crippen LogP) is 3.08. The molecule has 0 unspecified atom stereocenters. The van der Waals surface area contributed by atoms with E-state index in [1.165, 1.54) is 30.3 Å². The molecule has 0 aliphatic heterocycles. The Bertz CT molecular complexity index is 783. The number of carbonyl (C=O) groups excluding carboxylic acids is 1. The molecule has 110 valence electrons. The molecule has 0 spiro atoms. The van der Waals surface area contributed by atoms with E-state index < -0.39 is 15.9 Å². The first kappa shape index (κ1) is 15.5. The number of nitrogens with one attached hydrogen (secondary N) is 1. The van der Waals surface area contributed by atoms with Gasteiger partial charge in [-0.2, -0.15) is 0 Å². The van der Waals surface area contributed by atoms with Crippen molar-refractivity contribution in [1.82, 2.24) is 4.72 Å². The highest BCUT2D eigenvalue weighted by atomic mass is 35.5. The minimum atomic E-state index is -3.90. The first-order valence-electron chi connectivity index (χ1n) is 6.19. The van der Waals surface area contributed by atoms with Gasteiger partial charge in [0.1, 0.15) is 0 Å². The zero-order valence-corrected chi connectivity index (χ0v) is 13.1. The summed E-state index contributed by atoms with van der Waals surface area (Å²) in [5.41, 5.74) is 1.62. The van der Waals surface area contributed by atoms with Crippen molar-refractivity contribution < 1.29 is 13.2 Å². The van der Waals surface area contributed by atoms with Crippen LogP contribution >= 0.6 is 11.6 Å². The number of carbonyl (C=O) groups is 1. The van der Waals surface area contributed by atoms with Crippen LogP contribution in [0.3, 0.4) is 0 Å². The molecule has 1 amide bonds. The first-order chi connectivity index (χ1) is 9.79. The number of sulfonamides is 1. The van der Waals surface area contributed by atoms with E-state index in [1.54, 1.807) is 19.9 Å². The number of rotatable bonds is 3. The summed E-state index contributed by atoms with van der Waals surface area (Å²) >= 11 is 5.73. The molecular formula is C15H14ClNO3S. The van der Waals surface area contributed by atoms with Gasteiger partial charge in [0.25, 0.3) is 15.9 Å². The molecule has 0 fully saturated rings. The third-order valence-electron chi connectivity index (χ3n) is 2.97. The van der Waals surface area contributed by atoms with Crippen LogP contribution in [0.4, 0.5) is 0 Å². The van der Waals surface area contributed by atoms with Gasteiger partial charge in [0.05, 0.1) is 4.90 Å². The molecule has 0 aromatic heterocycles. The number of benzene rings is 2. The summed E-state index contributed by atoms with van der Waals surface area (Å²) in [5, 5.41) is 0.476. The van der Waals surface area contributed by atoms with Crippen molar-refractivity contribution in [2.75, 3.05) is 0 Å². The van der Waals surface area contributed by atoms with Crippen LogP contribution in [-0.4, -0.2) is 14.3 Å². The minimum Gasteiger partial charge on any atom is -0.268 e. The highest BCUT2D eigenvalue weighted by molar-refractivity contribution is 7.90. The van der Waals surface area contributed by atoms with Gasteiger partial charge in [-0.25, -0.2) is 13.1 Å². The maximum absolute atomic E-state index is 12.3. The van der Waals surface area contributed by atoms with Crippen LogP contribution in [0.15, 0.2) is 47.4 Å². The normalized spacial score (nSPS) is 11.2. The van der Waals surface area contributed by atoms with Gasteiger partial charge < -0.3 is 0 Å². The number of hydrogen-bond acceptors (Lipinski definition) is 3. The summed E-state index contributed by atoms with van der Waals surface area (Å²) in [4.78, 5) is 12.1. The molecule has 1 N–H and O–H groups in total. The molecule has 2 aromatic carbocycles. The molecule has 0 saturated heterocycles. The lowest BCUT2D eigenvalue weighted by molar-refractivity contribution is 0.0981. The van der Waals surface area contributed by atoms with Crippen LogP contribution in [0.25, 0.3) is 0 Å². The Balaban J connectivity index is 2.31. The highest BCUT2D eigenvalue weighted by Crippen LogP contribution is 2.17. The summed E-state index contributed by atoms with van der Waals surface area (Å²) in [6, 6.07) is 11.0. The number of aryl methyl sites for hydroxylation is 2. The SMILES string of the molecule is Cc1ccc(C)c(S(=O)(=O)NC(=O)c2ccc(Cl)cc2)c1. The fourth-order valence-corrected chi connectivity index (χ4v) is 3.26. The Hall–Kier alpha value is -1.85. The van der Waals surface area contributed by atoms with E-state index in [2.05, 4.69) is 4.72 Å². The molecule has 2 aromatic rings. The summed E-state index contributed by atoms with van der Waals surface area (Å²) < 4.78 is 26.7. The van der Waals surface area contributed by atoms with E-state index in [1.807, 2.05) is 6.07 Å². The summed E-state index contributed by atoms with van der Waals surface area (Å²) in [6.07, 6.45) is 0. The second-order valence-corrected chi connectivity index (χ2v) is 6.80. The van der Waals surface area contributed by atoms with Crippen LogP contribution in [-0.2, 0) is 10.0 Å². The molecule has 0 atom stereocenters. The van der Waals surface area contributed by atoms with Crippen molar-refractivity contribution in [2.45, 2.75) is 18.7 Å². The van der Waals surface area contributed by atoms with Gasteiger partial charge in [0.15, 0.2) is 0 Å². The van der Waals surface area contributed by atoms with Crippen LogP contribution in [0.5, 0.6) is 0 Å². The van der Waals surface area contributed by atoms with Crippen molar-refractivity contribution in [1.29, 1.82) is 0 Å². The zero-order chi connectivity index (χ0) is 15.6. The molecule has 0 saturated carbocycles. The maximum atomic E-state index is 12.3. The van der Waals surface area contributed by atoms with E-state index in [0.717, 1.165) is 5.56 Å². The largest absolute Gasteiger partial charge is 0.268 e. The van der Waals surface area contributed by atoms with Crippen LogP contribution < -0.4 is 4.72 Å². The van der Waals surface area contributed by atoms with Crippen molar-refractivity contribution in [3.05, 3.63) is 64.2 Å². The molecular weight excluding hydrogens is 310 g/mol. The van der Waals surface area contributed by atoms with Crippen LogP contribution in [0.1, 0.15) is 21.5 Å². The Kier molecular flexibility index (Phi) is 4.34. The quantitative estimate of drug-likeness (QED) is 0.944. The number of halogens is 1. The highest BCUT2D eigenvalue weighted by Gasteiger charge is 2.20. The van der Waals surface area contributed by atoms with E-state index >= 15 is 0 Å². The Morgan fingerprint density at radius 2 is 1.67 bits per heavy atom. The van der Waals surface area contributed by atoms with Gasteiger partial charge in [-0.15, -0.1) is 0 Å². The van der Waals surface area contributed by atoms with Gasteiger partial charge in [-0.3, -0.25) is 4.79 Å². The van der Waals surface area contributed by atoms with Gasteiger partial charge >= 0.3 is 0 Å². The van der Waals surface area contributed by atoms with E-state index in [4.69, 9.17) is 11.6 Å². The van der Waals surface area contributed by atoms with Gasteiger partial charge in [0.2, 0.25) is 0 Å². The molecule has 6 heteroatoms. The molecule has 2 rings (SSSR count). The second kappa shape index (κ2) is 5.87.